The Bertz CT molecular complexity index is 1500. The number of pyridine rings is 1. The van der Waals surface area contributed by atoms with Crippen LogP contribution in [-0.4, -0.2) is 33.2 Å². The number of carbonyl (C=O) groups excluding carboxylic acids is 1. The molecule has 1 aromatic carbocycles. The minimum Gasteiger partial charge on any atom is -0.478 e. The molecular weight excluding hydrogens is 584 g/mol. The summed E-state index contributed by atoms with van der Waals surface area (Å²) in [7, 11) is 0. The number of nitrogens with zero attached hydrogens (tertiary/aromatic N) is 1. The summed E-state index contributed by atoms with van der Waals surface area (Å²) in [5.41, 5.74) is 3.92. The van der Waals surface area contributed by atoms with E-state index < -0.39 is 5.97 Å². The van der Waals surface area contributed by atoms with Crippen LogP contribution in [0.3, 0.4) is 0 Å². The van der Waals surface area contributed by atoms with Crippen molar-refractivity contribution in [2.24, 2.45) is 51.2 Å². The number of rotatable bonds is 7. The number of hydrogen-bond donors (Lipinski definition) is 3. The van der Waals surface area contributed by atoms with Crippen molar-refractivity contribution in [2.75, 3.05) is 0 Å². The summed E-state index contributed by atoms with van der Waals surface area (Å²) in [5.74, 6) is 2.80. The Labute approximate surface area is 281 Å². The number of carboxylic acid groups (broad SMARTS) is 1. The molecule has 9 unspecified atom stereocenters. The minimum absolute atomic E-state index is 0.0172. The van der Waals surface area contributed by atoms with Crippen molar-refractivity contribution in [1.82, 2.24) is 10.3 Å². The van der Waals surface area contributed by atoms with Gasteiger partial charge in [0.05, 0.1) is 23.9 Å². The second kappa shape index (κ2) is 12.0. The monoisotopic (exact) mass is 640 g/mol. The third kappa shape index (κ3) is 5.45. The van der Waals surface area contributed by atoms with Gasteiger partial charge in [-0.2, -0.15) is 0 Å². The molecule has 5 aliphatic rings. The molecule has 9 atom stereocenters. The molecular formula is C41H56N2O4. The predicted octanol–water partition coefficient (Wildman–Crippen LogP) is 8.47. The van der Waals surface area contributed by atoms with Crippen molar-refractivity contribution >= 4 is 11.9 Å². The lowest BCUT2D eigenvalue weighted by molar-refractivity contribution is -0.214. The zero-order chi connectivity index (χ0) is 33.2. The van der Waals surface area contributed by atoms with Gasteiger partial charge in [0.1, 0.15) is 0 Å². The minimum atomic E-state index is -1.01. The summed E-state index contributed by atoms with van der Waals surface area (Å²) >= 11 is 0. The first-order valence-electron chi connectivity index (χ1n) is 18.6. The molecule has 6 heteroatoms. The van der Waals surface area contributed by atoms with Gasteiger partial charge in [0.25, 0.3) is 5.91 Å². The summed E-state index contributed by atoms with van der Waals surface area (Å²) in [6.45, 7) is 10.3. The molecule has 0 spiro atoms. The highest BCUT2D eigenvalue weighted by Gasteiger charge is 2.66. The highest BCUT2D eigenvalue weighted by Crippen LogP contribution is 2.73. The Kier molecular flexibility index (Phi) is 8.37. The molecule has 5 fully saturated rings. The summed E-state index contributed by atoms with van der Waals surface area (Å²) in [6, 6.07) is 11.3. The van der Waals surface area contributed by atoms with Crippen molar-refractivity contribution in [3.05, 3.63) is 65.0 Å². The number of fused-ring (bicyclic) bond motifs is 7. The van der Waals surface area contributed by atoms with E-state index in [1.807, 2.05) is 12.1 Å². The first kappa shape index (κ1) is 32.8. The normalized spacial score (nSPS) is 38.7. The number of aromatic carboxylic acids is 1. The SMILES string of the molecule is CC1(C)C(O)CCC2(C)C1CCC1(C)C3CCC4(CCc5cccc(C(=O)NCc6ccc(C(=O)O)cn6)c5)CCCC4C3CCC12. The maximum Gasteiger partial charge on any atom is 0.337 e. The van der Waals surface area contributed by atoms with Gasteiger partial charge in [0.2, 0.25) is 0 Å². The average Bonchev–Trinajstić information content (AvgIpc) is 3.49. The zero-order valence-corrected chi connectivity index (χ0v) is 29.1. The maximum atomic E-state index is 13.1. The number of aliphatic hydroxyl groups excluding tert-OH is 1. The summed E-state index contributed by atoms with van der Waals surface area (Å²) in [4.78, 5) is 28.3. The van der Waals surface area contributed by atoms with Crippen molar-refractivity contribution < 1.29 is 19.8 Å². The van der Waals surface area contributed by atoms with E-state index in [1.165, 1.54) is 88.5 Å². The Morgan fingerprint density at radius 2 is 1.66 bits per heavy atom. The second-order valence-corrected chi connectivity index (χ2v) is 17.5. The van der Waals surface area contributed by atoms with Gasteiger partial charge in [-0.15, -0.1) is 0 Å². The van der Waals surface area contributed by atoms with Crippen molar-refractivity contribution in [3.63, 3.8) is 0 Å². The van der Waals surface area contributed by atoms with Crippen LogP contribution in [0.4, 0.5) is 0 Å². The Balaban J connectivity index is 1.01. The van der Waals surface area contributed by atoms with E-state index in [2.05, 4.69) is 50.1 Å². The van der Waals surface area contributed by atoms with E-state index in [0.29, 0.717) is 33.4 Å². The predicted molar refractivity (Wildman–Crippen MR) is 184 cm³/mol. The van der Waals surface area contributed by atoms with Crippen LogP contribution >= 0.6 is 0 Å². The number of carbonyl (C=O) groups is 2. The number of benzene rings is 1. The molecule has 2 aromatic rings. The van der Waals surface area contributed by atoms with Crippen LogP contribution in [0.25, 0.3) is 0 Å². The largest absolute Gasteiger partial charge is 0.478 e. The molecule has 5 saturated carbocycles. The molecule has 47 heavy (non-hydrogen) atoms. The van der Waals surface area contributed by atoms with Gasteiger partial charge in [-0.25, -0.2) is 4.79 Å². The first-order chi connectivity index (χ1) is 22.4. The highest BCUT2D eigenvalue weighted by molar-refractivity contribution is 5.94. The van der Waals surface area contributed by atoms with E-state index >= 15 is 0 Å². The van der Waals surface area contributed by atoms with Crippen LogP contribution in [0.2, 0.25) is 0 Å². The third-order valence-electron chi connectivity index (χ3n) is 15.3. The Hall–Kier alpha value is -2.73. The first-order valence-corrected chi connectivity index (χ1v) is 18.6. The fourth-order valence-corrected chi connectivity index (χ4v) is 13.0. The number of hydrogen-bond acceptors (Lipinski definition) is 4. The van der Waals surface area contributed by atoms with Gasteiger partial charge in [0.15, 0.2) is 0 Å². The lowest BCUT2D eigenvalue weighted by atomic mass is 9.36. The van der Waals surface area contributed by atoms with Gasteiger partial charge in [-0.05, 0) is 158 Å². The Morgan fingerprint density at radius 1 is 0.851 bits per heavy atom. The Morgan fingerprint density at radius 3 is 2.43 bits per heavy atom. The summed E-state index contributed by atoms with van der Waals surface area (Å²) in [6.07, 6.45) is 17.8. The molecule has 7 rings (SSSR count). The zero-order valence-electron chi connectivity index (χ0n) is 29.1. The molecule has 0 saturated heterocycles. The van der Waals surface area contributed by atoms with E-state index in [4.69, 9.17) is 5.11 Å². The van der Waals surface area contributed by atoms with Crippen LogP contribution < -0.4 is 5.32 Å². The average molecular weight is 641 g/mol. The van der Waals surface area contributed by atoms with E-state index in [1.54, 1.807) is 6.07 Å². The van der Waals surface area contributed by atoms with Gasteiger partial charge >= 0.3 is 5.97 Å². The van der Waals surface area contributed by atoms with Crippen molar-refractivity contribution in [1.29, 1.82) is 0 Å². The van der Waals surface area contributed by atoms with Crippen molar-refractivity contribution in [2.45, 2.75) is 124 Å². The van der Waals surface area contributed by atoms with E-state index in [0.717, 1.165) is 36.5 Å². The quantitative estimate of drug-likeness (QED) is 0.282. The number of aromatic nitrogens is 1. The number of carboxylic acids is 1. The molecule has 0 aliphatic heterocycles. The fourth-order valence-electron chi connectivity index (χ4n) is 13.0. The number of aryl methyl sites for hydroxylation is 1. The molecule has 0 radical (unpaired) electrons. The topological polar surface area (TPSA) is 99.5 Å². The molecule has 5 aliphatic carbocycles. The maximum absolute atomic E-state index is 13.1. The molecule has 3 N–H and O–H groups in total. The second-order valence-electron chi connectivity index (χ2n) is 17.5. The number of nitrogens with one attached hydrogen (secondary N) is 1. The lowest BCUT2D eigenvalue weighted by Gasteiger charge is -2.69. The van der Waals surface area contributed by atoms with Crippen LogP contribution in [-0.2, 0) is 13.0 Å². The van der Waals surface area contributed by atoms with Crippen LogP contribution in [0.15, 0.2) is 42.6 Å². The summed E-state index contributed by atoms with van der Waals surface area (Å²) in [5, 5.41) is 23.0. The van der Waals surface area contributed by atoms with Gasteiger partial charge in [0, 0.05) is 11.8 Å². The van der Waals surface area contributed by atoms with Gasteiger partial charge in [-0.3, -0.25) is 9.78 Å². The molecule has 6 nitrogen and oxygen atoms in total. The van der Waals surface area contributed by atoms with Crippen molar-refractivity contribution in [3.8, 4) is 0 Å². The number of amides is 1. The smallest absolute Gasteiger partial charge is 0.337 e. The van der Waals surface area contributed by atoms with Gasteiger partial charge < -0.3 is 15.5 Å². The summed E-state index contributed by atoms with van der Waals surface area (Å²) < 4.78 is 0. The van der Waals surface area contributed by atoms with E-state index in [-0.39, 0.29) is 29.5 Å². The standard InChI is InChI=1S/C41H56N2O4/c1-38(2)33-16-19-39(3)31-15-22-41(18-6-9-32(41)30(31)12-13-34(39)40(33,4)20-17-35(38)44)21-14-26-7-5-8-27(23-26)36(45)43-25-29-11-10-28(24-42-29)37(46)47/h5,7-8,10-11,23-24,30-35,44H,6,9,12-22,25H2,1-4H3,(H,43,45)(H,46,47). The third-order valence-corrected chi connectivity index (χ3v) is 15.3. The van der Waals surface area contributed by atoms with Crippen LogP contribution in [0.1, 0.15) is 137 Å². The molecule has 254 valence electrons. The van der Waals surface area contributed by atoms with E-state index in [9.17, 15) is 14.7 Å². The lowest BCUT2D eigenvalue weighted by Crippen LogP contribution is -2.63. The van der Waals surface area contributed by atoms with Gasteiger partial charge in [-0.1, -0.05) is 46.2 Å². The van der Waals surface area contributed by atoms with Crippen LogP contribution in [0.5, 0.6) is 0 Å². The molecule has 1 aromatic heterocycles. The number of aliphatic hydroxyl groups is 1. The van der Waals surface area contributed by atoms with Crippen LogP contribution in [0, 0.1) is 51.2 Å². The highest BCUT2D eigenvalue weighted by atomic mass is 16.4. The molecule has 0 bridgehead atoms. The molecule has 1 amide bonds. The molecule has 1 heterocycles. The fraction of sp³-hybridized carbons (Fsp3) is 0.683.